The Morgan fingerprint density at radius 1 is 0.590 bits per heavy atom. The summed E-state index contributed by atoms with van der Waals surface area (Å²) < 4.78 is 100. The van der Waals surface area contributed by atoms with E-state index >= 15 is 0 Å². The molecule has 2 aromatic carbocycles. The number of hydrogen-bond acceptors (Lipinski definition) is 22. The molecule has 30 heteroatoms. The van der Waals surface area contributed by atoms with E-state index in [0.29, 0.717) is 55.6 Å². The molecule has 1 amide bonds. The monoisotopic (exact) mass is 1270 g/mol. The van der Waals surface area contributed by atoms with Crippen LogP contribution >= 0.6 is 45.1 Å². The Balaban J connectivity index is 1.02. The van der Waals surface area contributed by atoms with Crippen molar-refractivity contribution in [2.75, 3.05) is 130 Å². The molecule has 1 heterocycles. The van der Waals surface area contributed by atoms with Crippen LogP contribution in [0, 0.1) is 5.92 Å². The molecule has 0 saturated carbocycles. The number of carbonyl (C=O) groups excluding carboxylic acids is 1. The zero-order chi connectivity index (χ0) is 60.2. The Morgan fingerprint density at radius 3 is 1.70 bits per heavy atom. The molecule has 0 saturated heterocycles. The molecule has 2 aromatic rings. The number of amides is 1. The third kappa shape index (κ3) is 30.2. The Morgan fingerprint density at radius 2 is 1.12 bits per heavy atom. The van der Waals surface area contributed by atoms with E-state index in [2.05, 4.69) is 5.32 Å². The first-order valence-corrected chi connectivity index (χ1v) is 34.4. The molecule has 0 radical (unpaired) electrons. The number of carbonyl (C=O) groups is 2. The minimum atomic E-state index is -4.61. The molecule has 1 aliphatic heterocycles. The van der Waals surface area contributed by atoms with E-state index in [1.54, 1.807) is 6.07 Å². The van der Waals surface area contributed by atoms with Gasteiger partial charge >= 0.3 is 29.4 Å². The lowest BCUT2D eigenvalue weighted by atomic mass is 9.90. The summed E-state index contributed by atoms with van der Waals surface area (Å²) in [6, 6.07) is 12.6. The maximum atomic E-state index is 13.3. The Labute approximate surface area is 491 Å². The van der Waals surface area contributed by atoms with E-state index in [4.69, 9.17) is 60.4 Å². The van der Waals surface area contributed by atoms with Gasteiger partial charge in [-0.25, -0.2) is 18.5 Å². The first-order chi connectivity index (χ1) is 39.9. The average Bonchev–Trinajstić information content (AvgIpc) is 3.37. The molecule has 4 atom stereocenters. The summed E-state index contributed by atoms with van der Waals surface area (Å²) in [6.07, 6.45) is 7.71. The Kier molecular flexibility index (Phi) is 35.6. The van der Waals surface area contributed by atoms with Gasteiger partial charge in [0.05, 0.1) is 111 Å². The van der Waals surface area contributed by atoms with Crippen LogP contribution in [0.25, 0.3) is 33.4 Å². The zero-order valence-corrected chi connectivity index (χ0v) is 51.0. The predicted molar refractivity (Wildman–Crippen MR) is 312 cm³/mol. The molecule has 4 unspecified atom stereocenters. The highest BCUT2D eigenvalue weighted by Gasteiger charge is 2.28. The fourth-order valence-electron chi connectivity index (χ4n) is 7.75. The largest absolute Gasteiger partial charge is 0.508 e. The number of aliphatic hydroxyl groups excluding tert-OH is 1. The number of ether oxygens (including phenoxy) is 5. The molecule has 83 heavy (non-hydrogen) atoms. The van der Waals surface area contributed by atoms with Gasteiger partial charge in [-0.15, -0.1) is 0 Å². The third-order valence-corrected chi connectivity index (χ3v) is 17.5. The molecule has 0 spiro atoms. The summed E-state index contributed by atoms with van der Waals surface area (Å²) in [6.45, 7) is 2.85. The van der Waals surface area contributed by atoms with Crippen LogP contribution in [0.4, 0.5) is 0 Å². The van der Waals surface area contributed by atoms with Crippen molar-refractivity contribution in [2.24, 2.45) is 5.92 Å². The van der Waals surface area contributed by atoms with Crippen molar-refractivity contribution >= 4 is 67.9 Å². The topological polar surface area (TPSA) is 351 Å². The van der Waals surface area contributed by atoms with Gasteiger partial charge in [0.2, 0.25) is 0 Å². The van der Waals surface area contributed by atoms with Crippen molar-refractivity contribution in [1.82, 2.24) is 5.32 Å². The summed E-state index contributed by atoms with van der Waals surface area (Å²) in [7, 11) is -9.46. The van der Waals surface area contributed by atoms with Crippen molar-refractivity contribution in [2.45, 2.75) is 71.1 Å². The second-order valence-corrected chi connectivity index (χ2v) is 25.4. The lowest BCUT2D eigenvalue weighted by Crippen LogP contribution is -2.25. The van der Waals surface area contributed by atoms with Gasteiger partial charge in [0.15, 0.2) is 5.43 Å². The van der Waals surface area contributed by atoms with E-state index in [0.717, 1.165) is 50.0 Å². The van der Waals surface area contributed by atoms with Crippen molar-refractivity contribution in [3.05, 3.63) is 75.9 Å². The Hall–Kier alpha value is -3.34. The average molecular weight is 1270 g/mol. The van der Waals surface area contributed by atoms with E-state index in [-0.39, 0.29) is 138 Å². The Bertz CT molecular complexity index is 2690. The lowest BCUT2D eigenvalue weighted by Gasteiger charge is -2.20. The number of aromatic hydroxyl groups is 1. The third-order valence-electron chi connectivity index (χ3n) is 11.8. The number of phenols is 1. The van der Waals surface area contributed by atoms with Gasteiger partial charge in [-0.3, -0.25) is 36.7 Å². The minimum absolute atomic E-state index is 0.0514. The first kappa shape index (κ1) is 72.1. The maximum Gasteiger partial charge on any atom is 0.472 e. The van der Waals surface area contributed by atoms with E-state index in [1.165, 1.54) is 55.5 Å². The van der Waals surface area contributed by atoms with Gasteiger partial charge in [0.25, 0.3) is 5.91 Å². The standard InChI is InChI=1S/C53H80NO24P3S2/c1-2-72-79(61,62)76-39-41(12-6-7-19-54-52(58)42-13-16-45(48(36-42)53(59)60)51-46-17-14-43(56)37-49(46)78-50-38-44(57)15-18-47(50)51)40-77-81(65,66)75-33-31-71-29-27-69-25-23-67-22-24-68-26-28-70-30-32-74-80(63,64)73-21-9-3-4-10-34-82-83-35-11-5-8-20-55/h13-18,36-38,41,55-56H,2-12,19-35,39-40H2,1H3,(H,54,58)(H,59,60)(H,61,62)(H,63,64)(H,65,66). The number of phosphoric ester groups is 3. The fourth-order valence-corrected chi connectivity index (χ4v) is 12.4. The number of benzene rings is 3. The van der Waals surface area contributed by atoms with Crippen molar-refractivity contribution < 1.29 is 109 Å². The van der Waals surface area contributed by atoms with E-state index < -0.39 is 47.9 Å². The van der Waals surface area contributed by atoms with Gasteiger partial charge < -0.3 is 63.4 Å². The highest BCUT2D eigenvalue weighted by atomic mass is 33.1. The van der Waals surface area contributed by atoms with E-state index in [9.17, 15) is 53.0 Å². The second-order valence-electron chi connectivity index (χ2n) is 18.3. The molecule has 4 rings (SSSR count). The lowest BCUT2D eigenvalue weighted by molar-refractivity contribution is -0.0156. The number of fused-ring (bicyclic) bond motifs is 2. The summed E-state index contributed by atoms with van der Waals surface area (Å²) in [5.41, 5.74) is 0.828. The molecule has 1 aliphatic carbocycles. The molecule has 2 aliphatic rings. The molecule has 25 nitrogen and oxygen atoms in total. The number of aromatic carboxylic acids is 1. The van der Waals surface area contributed by atoms with Crippen LogP contribution < -0.4 is 10.7 Å². The second kappa shape index (κ2) is 40.9. The summed E-state index contributed by atoms with van der Waals surface area (Å²) in [4.78, 5) is 68.3. The highest BCUT2D eigenvalue weighted by Crippen LogP contribution is 2.47. The summed E-state index contributed by atoms with van der Waals surface area (Å²) in [5.74, 6) is -0.361. The molecular formula is C53H80NO24P3S2. The van der Waals surface area contributed by atoms with E-state index in [1.807, 2.05) is 21.6 Å². The van der Waals surface area contributed by atoms with Gasteiger partial charge in [-0.05, 0) is 87.4 Å². The zero-order valence-electron chi connectivity index (χ0n) is 46.7. The molecule has 0 fully saturated rings. The molecule has 468 valence electrons. The van der Waals surface area contributed by atoms with Crippen LogP contribution in [0.3, 0.4) is 0 Å². The van der Waals surface area contributed by atoms with Crippen LogP contribution in [0.2, 0.25) is 0 Å². The first-order valence-electron chi connectivity index (χ1n) is 27.4. The SMILES string of the molecule is CCOP(=O)(O)OCC(CCCCNC(=O)c1ccc(-c2c3ccc(=O)cc-3oc3cc(O)ccc23)c(C(=O)O)c1)COP(=O)(O)OCCOCCOCCOCCOCCOCCOP(=O)(O)OCCCCCCSSCCCCCO. The minimum Gasteiger partial charge on any atom is -0.508 e. The summed E-state index contributed by atoms with van der Waals surface area (Å²) >= 11 is 0. The molecular weight excluding hydrogens is 1190 g/mol. The van der Waals surface area contributed by atoms with Gasteiger partial charge in [0, 0.05) is 64.8 Å². The molecule has 0 aromatic heterocycles. The number of phenolic OH excluding ortho intramolecular Hbond substituents is 1. The smallest absolute Gasteiger partial charge is 0.472 e. The van der Waals surface area contributed by atoms with Crippen LogP contribution in [0.1, 0.15) is 91.8 Å². The van der Waals surface area contributed by atoms with Crippen LogP contribution in [-0.4, -0.2) is 172 Å². The normalized spacial score (nSPS) is 14.4. The number of phosphoric acid groups is 3. The fraction of sp³-hybridized carbons (Fsp3) is 0.604. The highest BCUT2D eigenvalue weighted by molar-refractivity contribution is 8.76. The number of aliphatic hydroxyl groups is 1. The molecule has 7 N–H and O–H groups in total. The van der Waals surface area contributed by atoms with Gasteiger partial charge in [-0.1, -0.05) is 53.3 Å². The van der Waals surface area contributed by atoms with Crippen LogP contribution in [-0.2, 0) is 64.5 Å². The maximum absolute atomic E-state index is 13.3. The molecule has 0 bridgehead atoms. The number of carboxylic acid groups (broad SMARTS) is 1. The van der Waals surface area contributed by atoms with Crippen molar-refractivity contribution in [1.29, 1.82) is 0 Å². The number of rotatable bonds is 50. The number of carboxylic acids is 1. The predicted octanol–water partition coefficient (Wildman–Crippen LogP) is 9.09. The van der Waals surface area contributed by atoms with Gasteiger partial charge in [-0.2, -0.15) is 0 Å². The van der Waals surface area contributed by atoms with Gasteiger partial charge in [0.1, 0.15) is 17.1 Å². The van der Waals surface area contributed by atoms with Crippen molar-refractivity contribution in [3.8, 4) is 28.2 Å². The quantitative estimate of drug-likeness (QED) is 0.00937. The number of nitrogens with one attached hydrogen (secondary N) is 1. The number of unbranched alkanes of at least 4 members (excludes halogenated alkanes) is 6. The van der Waals surface area contributed by atoms with Crippen LogP contribution in [0.5, 0.6) is 5.75 Å². The summed E-state index contributed by atoms with van der Waals surface area (Å²) in [5, 5.41) is 32.4. The van der Waals surface area contributed by atoms with Crippen molar-refractivity contribution in [3.63, 3.8) is 0 Å². The number of hydrogen-bond donors (Lipinski definition) is 7. The van der Waals surface area contributed by atoms with Crippen LogP contribution in [0.15, 0.2) is 63.8 Å².